The SMILES string of the molecule is CC1Oc2ccccc2N(CC(=O)N2CCN(CC(=O)N3CCCCC3)CC2)C1=O. The highest BCUT2D eigenvalue weighted by Crippen LogP contribution is 2.33. The van der Waals surface area contributed by atoms with Crippen molar-refractivity contribution in [3.05, 3.63) is 24.3 Å². The Kier molecular flexibility index (Phi) is 6.22. The summed E-state index contributed by atoms with van der Waals surface area (Å²) in [5, 5.41) is 0. The number of rotatable bonds is 4. The summed E-state index contributed by atoms with van der Waals surface area (Å²) in [6, 6.07) is 7.30. The van der Waals surface area contributed by atoms with Crippen LogP contribution in [-0.2, 0) is 14.4 Å². The van der Waals surface area contributed by atoms with Crippen molar-refractivity contribution in [2.24, 2.45) is 0 Å². The molecule has 1 unspecified atom stereocenters. The number of hydrogen-bond acceptors (Lipinski definition) is 5. The fourth-order valence-electron chi connectivity index (χ4n) is 4.35. The predicted molar refractivity (Wildman–Crippen MR) is 112 cm³/mol. The third-order valence-electron chi connectivity index (χ3n) is 6.16. The van der Waals surface area contributed by atoms with E-state index in [-0.39, 0.29) is 24.3 Å². The van der Waals surface area contributed by atoms with Gasteiger partial charge in [0.05, 0.1) is 12.2 Å². The number of piperazine rings is 1. The first-order valence-corrected chi connectivity index (χ1v) is 10.9. The molecule has 0 aliphatic carbocycles. The molecule has 0 spiro atoms. The van der Waals surface area contributed by atoms with Crippen LogP contribution in [0.3, 0.4) is 0 Å². The Morgan fingerprint density at radius 2 is 1.53 bits per heavy atom. The normalized spacial score (nSPS) is 22.5. The van der Waals surface area contributed by atoms with Gasteiger partial charge < -0.3 is 14.5 Å². The number of carbonyl (C=O) groups is 3. The summed E-state index contributed by atoms with van der Waals surface area (Å²) in [5.74, 6) is 0.541. The highest BCUT2D eigenvalue weighted by molar-refractivity contribution is 6.03. The maximum absolute atomic E-state index is 12.9. The van der Waals surface area contributed by atoms with E-state index in [0.717, 1.165) is 25.9 Å². The number of hydrogen-bond donors (Lipinski definition) is 0. The van der Waals surface area contributed by atoms with E-state index in [2.05, 4.69) is 4.90 Å². The van der Waals surface area contributed by atoms with E-state index in [1.807, 2.05) is 23.1 Å². The van der Waals surface area contributed by atoms with Crippen molar-refractivity contribution in [2.45, 2.75) is 32.3 Å². The maximum Gasteiger partial charge on any atom is 0.268 e. The quantitative estimate of drug-likeness (QED) is 0.734. The lowest BCUT2D eigenvalue weighted by molar-refractivity contribution is -0.136. The molecule has 1 aromatic carbocycles. The number of para-hydroxylation sites is 2. The van der Waals surface area contributed by atoms with Gasteiger partial charge in [-0.05, 0) is 38.3 Å². The van der Waals surface area contributed by atoms with Gasteiger partial charge in [-0.1, -0.05) is 12.1 Å². The first-order chi connectivity index (χ1) is 14.5. The molecular formula is C22H30N4O4. The van der Waals surface area contributed by atoms with Crippen molar-refractivity contribution in [1.29, 1.82) is 0 Å². The average molecular weight is 415 g/mol. The summed E-state index contributed by atoms with van der Waals surface area (Å²) in [6.45, 7) is 6.36. The largest absolute Gasteiger partial charge is 0.479 e. The average Bonchev–Trinajstić information content (AvgIpc) is 2.78. The molecule has 1 atom stereocenters. The van der Waals surface area contributed by atoms with Gasteiger partial charge in [-0.15, -0.1) is 0 Å². The highest BCUT2D eigenvalue weighted by atomic mass is 16.5. The number of fused-ring (bicyclic) bond motifs is 1. The lowest BCUT2D eigenvalue weighted by Crippen LogP contribution is -2.55. The lowest BCUT2D eigenvalue weighted by atomic mass is 10.1. The van der Waals surface area contributed by atoms with Crippen molar-refractivity contribution in [2.75, 3.05) is 57.3 Å². The second-order valence-corrected chi connectivity index (χ2v) is 8.25. The zero-order valence-electron chi connectivity index (χ0n) is 17.6. The first-order valence-electron chi connectivity index (χ1n) is 10.9. The van der Waals surface area contributed by atoms with Gasteiger partial charge in [0.25, 0.3) is 5.91 Å². The van der Waals surface area contributed by atoms with Crippen molar-refractivity contribution in [3.8, 4) is 5.75 Å². The zero-order valence-corrected chi connectivity index (χ0v) is 17.6. The van der Waals surface area contributed by atoms with Gasteiger partial charge in [-0.25, -0.2) is 0 Å². The van der Waals surface area contributed by atoms with Crippen LogP contribution in [0.2, 0.25) is 0 Å². The monoisotopic (exact) mass is 414 g/mol. The molecule has 162 valence electrons. The second kappa shape index (κ2) is 9.04. The van der Waals surface area contributed by atoms with Crippen LogP contribution < -0.4 is 9.64 Å². The van der Waals surface area contributed by atoms with Crippen LogP contribution in [0, 0.1) is 0 Å². The molecule has 0 N–H and O–H groups in total. The Balaban J connectivity index is 1.30. The molecule has 3 aliphatic heterocycles. The number of anilines is 1. The number of ether oxygens (including phenoxy) is 1. The minimum Gasteiger partial charge on any atom is -0.479 e. The Morgan fingerprint density at radius 1 is 0.900 bits per heavy atom. The van der Waals surface area contributed by atoms with E-state index in [1.165, 1.54) is 11.3 Å². The molecule has 30 heavy (non-hydrogen) atoms. The van der Waals surface area contributed by atoms with Gasteiger partial charge in [0, 0.05) is 39.3 Å². The van der Waals surface area contributed by atoms with E-state index >= 15 is 0 Å². The standard InChI is InChI=1S/C22H30N4O4/c1-17-22(29)26(18-7-3-4-8-19(18)30-17)16-21(28)25-13-11-23(12-14-25)15-20(27)24-9-5-2-6-10-24/h3-4,7-8,17H,2,5-6,9-16H2,1H3. The van der Waals surface area contributed by atoms with Gasteiger partial charge in [-0.2, -0.15) is 0 Å². The number of carbonyl (C=O) groups excluding carboxylic acids is 3. The summed E-state index contributed by atoms with van der Waals surface area (Å²) in [7, 11) is 0. The summed E-state index contributed by atoms with van der Waals surface area (Å²) < 4.78 is 5.64. The van der Waals surface area contributed by atoms with Crippen molar-refractivity contribution < 1.29 is 19.1 Å². The van der Waals surface area contributed by atoms with Gasteiger partial charge in [0.15, 0.2) is 6.10 Å². The van der Waals surface area contributed by atoms with E-state index in [9.17, 15) is 14.4 Å². The minimum absolute atomic E-state index is 0.0102. The van der Waals surface area contributed by atoms with E-state index < -0.39 is 6.10 Å². The molecule has 2 saturated heterocycles. The molecule has 4 rings (SSSR count). The molecule has 3 aliphatic rings. The fraction of sp³-hybridized carbons (Fsp3) is 0.591. The fourth-order valence-corrected chi connectivity index (χ4v) is 4.35. The maximum atomic E-state index is 12.9. The van der Waals surface area contributed by atoms with E-state index in [4.69, 9.17) is 4.74 Å². The van der Waals surface area contributed by atoms with Gasteiger partial charge in [0.1, 0.15) is 12.3 Å². The van der Waals surface area contributed by atoms with Gasteiger partial charge in [0.2, 0.25) is 11.8 Å². The first kappa shape index (κ1) is 20.7. The molecule has 8 nitrogen and oxygen atoms in total. The Labute approximate surface area is 177 Å². The smallest absolute Gasteiger partial charge is 0.268 e. The van der Waals surface area contributed by atoms with Crippen LogP contribution in [0.15, 0.2) is 24.3 Å². The van der Waals surface area contributed by atoms with Gasteiger partial charge >= 0.3 is 0 Å². The lowest BCUT2D eigenvalue weighted by Gasteiger charge is -2.38. The number of amides is 3. The van der Waals surface area contributed by atoms with Crippen LogP contribution in [0.25, 0.3) is 0 Å². The van der Waals surface area contributed by atoms with Crippen LogP contribution in [0.4, 0.5) is 5.69 Å². The third kappa shape index (κ3) is 4.43. The second-order valence-electron chi connectivity index (χ2n) is 8.25. The summed E-state index contributed by atoms with van der Waals surface area (Å²) in [6.07, 6.45) is 2.79. The van der Waals surface area contributed by atoms with Crippen LogP contribution >= 0.6 is 0 Å². The molecule has 2 fully saturated rings. The Hall–Kier alpha value is -2.61. The topological polar surface area (TPSA) is 73.4 Å². The number of benzene rings is 1. The van der Waals surface area contributed by atoms with Crippen LogP contribution in [-0.4, -0.2) is 90.9 Å². The third-order valence-corrected chi connectivity index (χ3v) is 6.16. The van der Waals surface area contributed by atoms with Crippen molar-refractivity contribution in [3.63, 3.8) is 0 Å². The number of likely N-dealkylation sites (tertiary alicyclic amines) is 1. The zero-order chi connectivity index (χ0) is 21.1. The molecule has 0 aromatic heterocycles. The van der Waals surface area contributed by atoms with E-state index in [1.54, 1.807) is 17.9 Å². The number of piperidine rings is 1. The van der Waals surface area contributed by atoms with Crippen molar-refractivity contribution in [1.82, 2.24) is 14.7 Å². The Morgan fingerprint density at radius 3 is 2.27 bits per heavy atom. The minimum atomic E-state index is -0.606. The molecule has 3 amide bonds. The Bertz CT molecular complexity index is 800. The van der Waals surface area contributed by atoms with Crippen molar-refractivity contribution >= 4 is 23.4 Å². The van der Waals surface area contributed by atoms with Gasteiger partial charge in [-0.3, -0.25) is 24.2 Å². The molecule has 0 bridgehead atoms. The summed E-state index contributed by atoms with van der Waals surface area (Å²) >= 11 is 0. The predicted octanol–water partition coefficient (Wildman–Crippen LogP) is 0.957. The highest BCUT2D eigenvalue weighted by Gasteiger charge is 2.34. The molecule has 3 heterocycles. The molecule has 1 aromatic rings. The molecule has 8 heteroatoms. The van der Waals surface area contributed by atoms with Crippen LogP contribution in [0.1, 0.15) is 26.2 Å². The summed E-state index contributed by atoms with van der Waals surface area (Å²) in [4.78, 5) is 45.4. The molecular weight excluding hydrogens is 384 g/mol. The summed E-state index contributed by atoms with van der Waals surface area (Å²) in [5.41, 5.74) is 0.639. The molecule has 0 saturated carbocycles. The number of nitrogens with zero attached hydrogens (tertiary/aromatic N) is 4. The van der Waals surface area contributed by atoms with E-state index in [0.29, 0.717) is 44.2 Å². The van der Waals surface area contributed by atoms with Crippen LogP contribution in [0.5, 0.6) is 5.75 Å². The molecule has 0 radical (unpaired) electrons.